The van der Waals surface area contributed by atoms with Crippen LogP contribution in [0.1, 0.15) is 13.3 Å². The van der Waals surface area contributed by atoms with Gasteiger partial charge >= 0.3 is 0 Å². The fourth-order valence-electron chi connectivity index (χ4n) is 2.25. The Kier molecular flexibility index (Phi) is 3.04. The van der Waals surface area contributed by atoms with E-state index in [0.29, 0.717) is 25.4 Å². The molecule has 2 atom stereocenters. The highest BCUT2D eigenvalue weighted by molar-refractivity contribution is 7.16. The monoisotopic (exact) mass is 280 g/mol. The third-order valence-corrected chi connectivity index (χ3v) is 4.37. The lowest BCUT2D eigenvalue weighted by Crippen LogP contribution is -2.43. The Morgan fingerprint density at radius 3 is 3.21 bits per heavy atom. The molecule has 1 saturated heterocycles. The van der Waals surface area contributed by atoms with Gasteiger partial charge in [-0.3, -0.25) is 0 Å². The van der Waals surface area contributed by atoms with Gasteiger partial charge in [-0.05, 0) is 18.4 Å². The van der Waals surface area contributed by atoms with Crippen LogP contribution in [-0.4, -0.2) is 39.9 Å². The molecule has 0 radical (unpaired) electrons. The lowest BCUT2D eigenvalue weighted by Gasteiger charge is -2.26. The topological polar surface area (TPSA) is 93.3 Å². The van der Waals surface area contributed by atoms with Crippen LogP contribution in [0.4, 0.5) is 11.8 Å². The standard InChI is InChI=1S/C12H16N4O2S/c1-7-12(17,3-4-18-7)6-14-9-8-2-5-19-10(8)16-11(13)15-9/h2,5,7,17H,3-4,6H2,1H3,(H3,13,14,15,16). The smallest absolute Gasteiger partial charge is 0.223 e. The zero-order valence-electron chi connectivity index (χ0n) is 10.6. The van der Waals surface area contributed by atoms with Gasteiger partial charge in [0, 0.05) is 19.6 Å². The van der Waals surface area contributed by atoms with E-state index in [1.807, 2.05) is 18.4 Å². The quantitative estimate of drug-likeness (QED) is 0.783. The van der Waals surface area contributed by atoms with Crippen molar-refractivity contribution < 1.29 is 9.84 Å². The number of hydrogen-bond donors (Lipinski definition) is 3. The summed E-state index contributed by atoms with van der Waals surface area (Å²) < 4.78 is 5.41. The highest BCUT2D eigenvalue weighted by Crippen LogP contribution is 2.29. The van der Waals surface area contributed by atoms with Gasteiger partial charge in [0.2, 0.25) is 5.95 Å². The molecule has 4 N–H and O–H groups in total. The number of ether oxygens (including phenoxy) is 1. The van der Waals surface area contributed by atoms with E-state index < -0.39 is 5.60 Å². The van der Waals surface area contributed by atoms with Gasteiger partial charge in [-0.15, -0.1) is 11.3 Å². The maximum absolute atomic E-state index is 10.5. The maximum Gasteiger partial charge on any atom is 0.223 e. The van der Waals surface area contributed by atoms with Crippen LogP contribution in [0.5, 0.6) is 0 Å². The fourth-order valence-corrected chi connectivity index (χ4v) is 3.02. The number of fused-ring (bicyclic) bond motifs is 1. The van der Waals surface area contributed by atoms with E-state index in [1.165, 1.54) is 11.3 Å². The zero-order valence-corrected chi connectivity index (χ0v) is 11.4. The number of anilines is 2. The number of aliphatic hydroxyl groups is 1. The molecule has 0 spiro atoms. The molecule has 3 rings (SSSR count). The molecule has 0 amide bonds. The molecule has 19 heavy (non-hydrogen) atoms. The Bertz CT molecular complexity index is 602. The first-order chi connectivity index (χ1) is 9.08. The van der Waals surface area contributed by atoms with Crippen molar-refractivity contribution in [1.82, 2.24) is 9.97 Å². The van der Waals surface area contributed by atoms with Crippen molar-refractivity contribution in [2.45, 2.75) is 25.0 Å². The largest absolute Gasteiger partial charge is 0.385 e. The van der Waals surface area contributed by atoms with Gasteiger partial charge in [0.05, 0.1) is 11.5 Å². The second-order valence-electron chi connectivity index (χ2n) is 4.79. The van der Waals surface area contributed by atoms with Gasteiger partial charge in [0.25, 0.3) is 0 Å². The molecule has 1 aliphatic heterocycles. The van der Waals surface area contributed by atoms with Crippen molar-refractivity contribution in [1.29, 1.82) is 0 Å². The molecule has 2 aromatic rings. The van der Waals surface area contributed by atoms with E-state index in [-0.39, 0.29) is 12.1 Å². The molecule has 1 aliphatic rings. The van der Waals surface area contributed by atoms with E-state index in [1.54, 1.807) is 0 Å². The van der Waals surface area contributed by atoms with E-state index in [4.69, 9.17) is 10.5 Å². The Hall–Kier alpha value is -1.44. The second-order valence-corrected chi connectivity index (χ2v) is 5.68. The summed E-state index contributed by atoms with van der Waals surface area (Å²) >= 11 is 1.52. The summed E-state index contributed by atoms with van der Waals surface area (Å²) in [4.78, 5) is 9.21. The molecule has 1 fully saturated rings. The third kappa shape index (κ3) is 2.24. The predicted octanol–water partition coefficient (Wildman–Crippen LogP) is 1.23. The van der Waals surface area contributed by atoms with Gasteiger partial charge in [0.1, 0.15) is 16.2 Å². The van der Waals surface area contributed by atoms with Gasteiger partial charge in [-0.25, -0.2) is 4.98 Å². The average molecular weight is 280 g/mol. The van der Waals surface area contributed by atoms with Gasteiger partial charge in [0.15, 0.2) is 0 Å². The molecule has 7 heteroatoms. The molecule has 0 aromatic carbocycles. The summed E-state index contributed by atoms with van der Waals surface area (Å²) in [7, 11) is 0. The number of nitrogens with one attached hydrogen (secondary N) is 1. The van der Waals surface area contributed by atoms with Crippen molar-refractivity contribution in [2.75, 3.05) is 24.2 Å². The minimum absolute atomic E-state index is 0.183. The minimum Gasteiger partial charge on any atom is -0.385 e. The zero-order chi connectivity index (χ0) is 13.5. The number of thiophene rings is 1. The number of aromatic nitrogens is 2. The van der Waals surface area contributed by atoms with Crippen LogP contribution in [0.25, 0.3) is 10.2 Å². The fraction of sp³-hybridized carbons (Fsp3) is 0.500. The molecule has 6 nitrogen and oxygen atoms in total. The van der Waals surface area contributed by atoms with E-state index in [0.717, 1.165) is 10.2 Å². The van der Waals surface area contributed by atoms with Crippen LogP contribution in [-0.2, 0) is 4.74 Å². The van der Waals surface area contributed by atoms with Crippen LogP contribution in [0.3, 0.4) is 0 Å². The predicted molar refractivity (Wildman–Crippen MR) is 75.3 cm³/mol. The normalized spacial score (nSPS) is 26.9. The Balaban J connectivity index is 1.83. The van der Waals surface area contributed by atoms with Crippen LogP contribution >= 0.6 is 11.3 Å². The molecule has 0 aliphatic carbocycles. The van der Waals surface area contributed by atoms with Crippen LogP contribution in [0, 0.1) is 0 Å². The number of rotatable bonds is 3. The summed E-state index contributed by atoms with van der Waals surface area (Å²) in [5, 5.41) is 16.5. The van der Waals surface area contributed by atoms with Gasteiger partial charge < -0.3 is 20.9 Å². The summed E-state index contributed by atoms with van der Waals surface area (Å²) in [6.07, 6.45) is 0.436. The van der Waals surface area contributed by atoms with Crippen LogP contribution in [0.2, 0.25) is 0 Å². The van der Waals surface area contributed by atoms with E-state index in [2.05, 4.69) is 15.3 Å². The van der Waals surface area contributed by atoms with Crippen molar-refractivity contribution in [3.63, 3.8) is 0 Å². The lowest BCUT2D eigenvalue weighted by atomic mass is 9.97. The molecule has 2 unspecified atom stereocenters. The Morgan fingerprint density at radius 1 is 1.63 bits per heavy atom. The maximum atomic E-state index is 10.5. The molecule has 3 heterocycles. The first kappa shape index (κ1) is 12.6. The number of nitrogens with two attached hydrogens (primary N) is 1. The summed E-state index contributed by atoms with van der Waals surface area (Å²) in [5.74, 6) is 0.899. The van der Waals surface area contributed by atoms with Crippen LogP contribution < -0.4 is 11.1 Å². The Labute approximate surface area is 114 Å². The first-order valence-electron chi connectivity index (χ1n) is 6.17. The number of nitrogens with zero attached hydrogens (tertiary/aromatic N) is 2. The molecule has 2 aromatic heterocycles. The van der Waals surface area contributed by atoms with E-state index in [9.17, 15) is 5.11 Å². The SMILES string of the molecule is CC1OCCC1(O)CNc1nc(N)nc2sccc12. The van der Waals surface area contributed by atoms with E-state index >= 15 is 0 Å². The molecular weight excluding hydrogens is 264 g/mol. The van der Waals surface area contributed by atoms with Crippen molar-refractivity contribution >= 4 is 33.3 Å². The van der Waals surface area contributed by atoms with Crippen molar-refractivity contribution in [3.05, 3.63) is 11.4 Å². The van der Waals surface area contributed by atoms with Crippen LogP contribution in [0.15, 0.2) is 11.4 Å². The van der Waals surface area contributed by atoms with Crippen molar-refractivity contribution in [2.24, 2.45) is 0 Å². The number of hydrogen-bond acceptors (Lipinski definition) is 7. The summed E-state index contributed by atoms with van der Waals surface area (Å²) in [6, 6.07) is 1.94. The number of nitrogen functional groups attached to an aromatic ring is 1. The van der Waals surface area contributed by atoms with Gasteiger partial charge in [-0.2, -0.15) is 4.98 Å². The molecule has 102 valence electrons. The molecule has 0 saturated carbocycles. The second kappa shape index (κ2) is 4.59. The highest BCUT2D eigenvalue weighted by atomic mass is 32.1. The Morgan fingerprint density at radius 2 is 2.47 bits per heavy atom. The molecular formula is C12H16N4O2S. The van der Waals surface area contributed by atoms with Gasteiger partial charge in [-0.1, -0.05) is 0 Å². The molecule has 0 bridgehead atoms. The minimum atomic E-state index is -0.859. The summed E-state index contributed by atoms with van der Waals surface area (Å²) in [5.41, 5.74) is 4.83. The average Bonchev–Trinajstić information content (AvgIpc) is 2.95. The highest BCUT2D eigenvalue weighted by Gasteiger charge is 2.39. The summed E-state index contributed by atoms with van der Waals surface area (Å²) in [6.45, 7) is 2.85. The van der Waals surface area contributed by atoms with Crippen molar-refractivity contribution in [3.8, 4) is 0 Å². The lowest BCUT2D eigenvalue weighted by molar-refractivity contribution is -0.0176. The third-order valence-electron chi connectivity index (χ3n) is 3.56. The first-order valence-corrected chi connectivity index (χ1v) is 7.05.